The molecule has 0 radical (unpaired) electrons. The summed E-state index contributed by atoms with van der Waals surface area (Å²) in [7, 11) is 0. The molecule has 0 fully saturated rings. The highest BCUT2D eigenvalue weighted by atomic mass is 35.5. The Kier molecular flexibility index (Phi) is 7.74. The lowest BCUT2D eigenvalue weighted by Gasteiger charge is -2.08. The van der Waals surface area contributed by atoms with Gasteiger partial charge in [-0.05, 0) is 54.5 Å². The molecule has 1 heterocycles. The van der Waals surface area contributed by atoms with Crippen LogP contribution in [0.5, 0.6) is 0 Å². The first kappa shape index (κ1) is 23.7. The van der Waals surface area contributed by atoms with E-state index in [4.69, 9.17) is 11.6 Å². The van der Waals surface area contributed by atoms with Gasteiger partial charge in [-0.2, -0.15) is 5.26 Å². The molecule has 0 saturated heterocycles. The molecule has 3 aromatic carbocycles. The van der Waals surface area contributed by atoms with Crippen molar-refractivity contribution in [3.05, 3.63) is 101 Å². The van der Waals surface area contributed by atoms with Crippen LogP contribution in [0.15, 0.2) is 89.5 Å². The molecule has 170 valence electrons. The highest BCUT2D eigenvalue weighted by Gasteiger charge is 2.14. The summed E-state index contributed by atoms with van der Waals surface area (Å²) in [6.45, 7) is 2.83. The second-order valence-electron chi connectivity index (χ2n) is 7.73. The van der Waals surface area contributed by atoms with E-state index in [0.29, 0.717) is 0 Å². The molecule has 1 aromatic heterocycles. The Morgan fingerprint density at radius 1 is 1.09 bits per heavy atom. The van der Waals surface area contributed by atoms with Crippen LogP contribution in [0.2, 0.25) is 5.02 Å². The fourth-order valence-electron chi connectivity index (χ4n) is 3.81. The number of nitrogens with zero attached hydrogens (tertiary/aromatic N) is 2. The van der Waals surface area contributed by atoms with Crippen molar-refractivity contribution in [2.24, 2.45) is 0 Å². The summed E-state index contributed by atoms with van der Waals surface area (Å²) in [6.07, 6.45) is 4.48. The van der Waals surface area contributed by atoms with Crippen LogP contribution in [0.4, 0.5) is 5.69 Å². The van der Waals surface area contributed by atoms with Crippen molar-refractivity contribution in [3.63, 3.8) is 0 Å². The van der Waals surface area contributed by atoms with Crippen LogP contribution < -0.4 is 5.32 Å². The maximum Gasteiger partial charge on any atom is 0.266 e. The number of aromatic nitrogens is 1. The molecule has 1 amide bonds. The number of rotatable bonds is 8. The maximum atomic E-state index is 12.9. The lowest BCUT2D eigenvalue weighted by molar-refractivity contribution is -0.112. The minimum atomic E-state index is -0.404. The highest BCUT2D eigenvalue weighted by molar-refractivity contribution is 7.99. The van der Waals surface area contributed by atoms with E-state index in [-0.39, 0.29) is 5.57 Å². The number of carbonyl (C=O) groups excluding carboxylic acids is 1. The van der Waals surface area contributed by atoms with Crippen molar-refractivity contribution in [2.75, 3.05) is 11.1 Å². The summed E-state index contributed by atoms with van der Waals surface area (Å²) in [5.41, 5.74) is 3.76. The Morgan fingerprint density at radius 3 is 2.59 bits per heavy atom. The Morgan fingerprint density at radius 2 is 1.82 bits per heavy atom. The number of hydrogen-bond acceptors (Lipinski definition) is 3. The van der Waals surface area contributed by atoms with Crippen LogP contribution in [0.3, 0.4) is 0 Å². The van der Waals surface area contributed by atoms with Gasteiger partial charge in [0, 0.05) is 50.6 Å². The van der Waals surface area contributed by atoms with Gasteiger partial charge in [0.05, 0.1) is 0 Å². The van der Waals surface area contributed by atoms with E-state index in [1.54, 1.807) is 17.8 Å². The summed E-state index contributed by atoms with van der Waals surface area (Å²) in [4.78, 5) is 14.1. The smallest absolute Gasteiger partial charge is 0.266 e. The third-order valence-corrected chi connectivity index (χ3v) is 6.79. The van der Waals surface area contributed by atoms with Gasteiger partial charge < -0.3 is 9.88 Å². The molecule has 0 spiro atoms. The first-order chi connectivity index (χ1) is 16.6. The summed E-state index contributed by atoms with van der Waals surface area (Å²) in [5.74, 6) is 0.474. The molecule has 0 aliphatic rings. The van der Waals surface area contributed by atoms with E-state index in [0.717, 1.165) is 56.4 Å². The summed E-state index contributed by atoms with van der Waals surface area (Å²) in [6, 6.07) is 25.6. The topological polar surface area (TPSA) is 57.8 Å². The molecule has 0 atom stereocenters. The molecule has 4 aromatic rings. The van der Waals surface area contributed by atoms with Crippen LogP contribution in [-0.2, 0) is 17.8 Å². The summed E-state index contributed by atoms with van der Waals surface area (Å²) >= 11 is 7.73. The number of anilines is 1. The molecule has 0 saturated carbocycles. The van der Waals surface area contributed by atoms with E-state index in [2.05, 4.69) is 22.0 Å². The van der Waals surface area contributed by atoms with Crippen LogP contribution in [0.1, 0.15) is 18.1 Å². The molecule has 0 aliphatic heterocycles. The Hall–Kier alpha value is -3.46. The largest absolute Gasteiger partial charge is 0.346 e. The Bertz CT molecular complexity index is 1380. The molecule has 34 heavy (non-hydrogen) atoms. The van der Waals surface area contributed by atoms with Gasteiger partial charge in [0.15, 0.2) is 0 Å². The first-order valence-corrected chi connectivity index (χ1v) is 12.4. The Labute approximate surface area is 208 Å². The number of halogens is 1. The number of hydrogen-bond donors (Lipinski definition) is 1. The van der Waals surface area contributed by atoms with Crippen molar-refractivity contribution in [3.8, 4) is 6.07 Å². The number of thioether (sulfide) groups is 1. The second-order valence-corrected chi connectivity index (χ2v) is 9.34. The zero-order chi connectivity index (χ0) is 23.9. The molecule has 0 bridgehead atoms. The van der Waals surface area contributed by atoms with E-state index < -0.39 is 5.91 Å². The molecular formula is C28H24ClN3OS. The van der Waals surface area contributed by atoms with Gasteiger partial charge >= 0.3 is 0 Å². The minimum Gasteiger partial charge on any atom is -0.346 e. The van der Waals surface area contributed by atoms with Gasteiger partial charge in [-0.15, -0.1) is 11.8 Å². The number of benzene rings is 3. The monoisotopic (exact) mass is 485 g/mol. The number of carbonyl (C=O) groups is 1. The molecule has 4 nitrogen and oxygen atoms in total. The van der Waals surface area contributed by atoms with Gasteiger partial charge in [0.1, 0.15) is 11.6 Å². The molecule has 0 unspecified atom stereocenters. The zero-order valence-electron chi connectivity index (χ0n) is 18.8. The number of amides is 1. The molecule has 0 aliphatic carbocycles. The fraction of sp³-hybridized carbons (Fsp3) is 0.143. The number of nitriles is 1. The number of para-hydroxylation sites is 2. The van der Waals surface area contributed by atoms with Gasteiger partial charge in [-0.3, -0.25) is 4.79 Å². The molecule has 4 rings (SSSR count). The van der Waals surface area contributed by atoms with E-state index in [9.17, 15) is 10.1 Å². The third kappa shape index (κ3) is 5.53. The van der Waals surface area contributed by atoms with Crippen LogP contribution >= 0.6 is 23.4 Å². The molecular weight excluding hydrogens is 462 g/mol. The van der Waals surface area contributed by atoms with E-state index in [1.165, 1.54) is 0 Å². The molecule has 1 N–H and O–H groups in total. The van der Waals surface area contributed by atoms with Crippen molar-refractivity contribution in [1.29, 1.82) is 5.26 Å². The minimum absolute atomic E-state index is 0.0735. The van der Waals surface area contributed by atoms with Gasteiger partial charge in [-0.1, -0.05) is 54.9 Å². The Balaban J connectivity index is 1.56. The second kappa shape index (κ2) is 11.1. The lowest BCUT2D eigenvalue weighted by atomic mass is 10.1. The van der Waals surface area contributed by atoms with E-state index >= 15 is 0 Å². The standard InChI is InChI=1S/C28H24ClN3OS/c1-2-20-7-3-5-9-26(20)31-28(33)21(18-30)17-22-19-32(27-10-6-4-8-25(22)27)15-16-34-24-13-11-23(29)12-14-24/h3-14,17,19H,2,15-16H2,1H3,(H,31,33)/b21-17-. The van der Waals surface area contributed by atoms with Gasteiger partial charge in [-0.25, -0.2) is 0 Å². The quantitative estimate of drug-likeness (QED) is 0.163. The first-order valence-electron chi connectivity index (χ1n) is 11.1. The average molecular weight is 486 g/mol. The normalized spacial score (nSPS) is 11.4. The van der Waals surface area contributed by atoms with Crippen LogP contribution in [0.25, 0.3) is 17.0 Å². The molecule has 6 heteroatoms. The van der Waals surface area contributed by atoms with Crippen LogP contribution in [0, 0.1) is 11.3 Å². The summed E-state index contributed by atoms with van der Waals surface area (Å²) in [5, 5.41) is 14.4. The predicted molar refractivity (Wildman–Crippen MR) is 142 cm³/mol. The third-order valence-electron chi connectivity index (χ3n) is 5.55. The predicted octanol–water partition coefficient (Wildman–Crippen LogP) is 7.20. The highest BCUT2D eigenvalue weighted by Crippen LogP contribution is 2.26. The van der Waals surface area contributed by atoms with Crippen molar-refractivity contribution in [2.45, 2.75) is 24.8 Å². The van der Waals surface area contributed by atoms with Crippen molar-refractivity contribution >= 4 is 51.9 Å². The lowest BCUT2D eigenvalue weighted by Crippen LogP contribution is -2.14. The van der Waals surface area contributed by atoms with E-state index in [1.807, 2.05) is 79.9 Å². The fourth-order valence-corrected chi connectivity index (χ4v) is 4.79. The maximum absolute atomic E-state index is 12.9. The van der Waals surface area contributed by atoms with Crippen molar-refractivity contribution < 1.29 is 4.79 Å². The number of fused-ring (bicyclic) bond motifs is 1. The van der Waals surface area contributed by atoms with Gasteiger partial charge in [0.25, 0.3) is 5.91 Å². The van der Waals surface area contributed by atoms with Gasteiger partial charge in [0.2, 0.25) is 0 Å². The SMILES string of the molecule is CCc1ccccc1NC(=O)/C(C#N)=C\c1cn(CCSc2ccc(Cl)cc2)c2ccccc12. The zero-order valence-corrected chi connectivity index (χ0v) is 20.4. The number of nitrogens with one attached hydrogen (secondary N) is 1. The average Bonchev–Trinajstić information content (AvgIpc) is 3.21. The van der Waals surface area contributed by atoms with Crippen molar-refractivity contribution in [1.82, 2.24) is 4.57 Å². The summed E-state index contributed by atoms with van der Waals surface area (Å²) < 4.78 is 2.17. The number of aryl methyl sites for hydroxylation is 2. The van der Waals surface area contributed by atoms with Crippen LogP contribution in [-0.4, -0.2) is 16.2 Å².